The summed E-state index contributed by atoms with van der Waals surface area (Å²) in [5.74, 6) is 0.0346. The summed E-state index contributed by atoms with van der Waals surface area (Å²) in [6, 6.07) is 16.1. The zero-order valence-electron chi connectivity index (χ0n) is 12.4. The lowest BCUT2D eigenvalue weighted by molar-refractivity contribution is -0.120. The van der Waals surface area contributed by atoms with Gasteiger partial charge >= 0.3 is 0 Å². The number of carbonyl (C=O) groups is 1. The second-order valence-corrected chi connectivity index (χ2v) is 5.85. The zero-order chi connectivity index (χ0) is 15.1. The summed E-state index contributed by atoms with van der Waals surface area (Å²) in [4.78, 5) is 11.9. The normalized spacial score (nSPS) is 9.91. The van der Waals surface area contributed by atoms with Gasteiger partial charge in [0.15, 0.2) is 0 Å². The monoisotopic (exact) mass is 382 g/mol. The van der Waals surface area contributed by atoms with E-state index in [0.717, 1.165) is 22.1 Å². The van der Waals surface area contributed by atoms with E-state index in [0.29, 0.717) is 13.0 Å². The first-order valence-corrected chi connectivity index (χ1v) is 7.70. The molecule has 0 atom stereocenters. The van der Waals surface area contributed by atoms with Crippen LogP contribution in [0.4, 0.5) is 0 Å². The zero-order valence-corrected chi connectivity index (χ0v) is 14.8. The lowest BCUT2D eigenvalue weighted by atomic mass is 10.1. The van der Waals surface area contributed by atoms with Crippen molar-refractivity contribution in [2.75, 3.05) is 7.05 Å². The summed E-state index contributed by atoms with van der Waals surface area (Å²) in [6.07, 6.45) is 0.400. The number of carbonyl (C=O) groups excluding carboxylic acids is 1. The van der Waals surface area contributed by atoms with Crippen LogP contribution in [0.5, 0.6) is 0 Å². The van der Waals surface area contributed by atoms with Crippen molar-refractivity contribution in [3.63, 3.8) is 0 Å². The molecule has 0 saturated carbocycles. The highest BCUT2D eigenvalue weighted by atomic mass is 79.9. The first kappa shape index (κ1) is 18.7. The van der Waals surface area contributed by atoms with Crippen LogP contribution in [-0.2, 0) is 24.3 Å². The van der Waals surface area contributed by atoms with Gasteiger partial charge in [-0.25, -0.2) is 0 Å². The molecule has 0 saturated heterocycles. The number of hydrogen-bond acceptors (Lipinski definition) is 2. The van der Waals surface area contributed by atoms with Gasteiger partial charge in [0, 0.05) is 17.6 Å². The Hall–Kier alpha value is -1.36. The molecular formula is C17H20BrClN2O. The highest BCUT2D eigenvalue weighted by molar-refractivity contribution is 9.10. The Morgan fingerprint density at radius 1 is 1.00 bits per heavy atom. The highest BCUT2D eigenvalue weighted by Gasteiger charge is 2.04. The fraction of sp³-hybridized carbons (Fsp3) is 0.235. The van der Waals surface area contributed by atoms with Crippen LogP contribution in [0.3, 0.4) is 0 Å². The molecule has 0 aliphatic carbocycles. The Kier molecular flexibility index (Phi) is 8.17. The summed E-state index contributed by atoms with van der Waals surface area (Å²) < 4.78 is 0.993. The van der Waals surface area contributed by atoms with Gasteiger partial charge in [0.05, 0.1) is 6.42 Å². The number of benzene rings is 2. The molecular weight excluding hydrogens is 364 g/mol. The Morgan fingerprint density at radius 3 is 2.23 bits per heavy atom. The van der Waals surface area contributed by atoms with Crippen molar-refractivity contribution in [3.8, 4) is 0 Å². The van der Waals surface area contributed by atoms with Crippen LogP contribution in [0.25, 0.3) is 0 Å². The predicted molar refractivity (Wildman–Crippen MR) is 96.1 cm³/mol. The summed E-state index contributed by atoms with van der Waals surface area (Å²) in [5.41, 5.74) is 3.35. The van der Waals surface area contributed by atoms with E-state index >= 15 is 0 Å². The lowest BCUT2D eigenvalue weighted by Gasteiger charge is -2.07. The summed E-state index contributed by atoms with van der Waals surface area (Å²) in [7, 11) is 1.93. The number of hydrogen-bond donors (Lipinski definition) is 2. The average Bonchev–Trinajstić information content (AvgIpc) is 2.47. The molecule has 0 fully saturated rings. The molecule has 0 aromatic heterocycles. The molecule has 3 nitrogen and oxygen atoms in total. The first-order valence-electron chi connectivity index (χ1n) is 6.91. The van der Waals surface area contributed by atoms with Gasteiger partial charge in [0.2, 0.25) is 5.91 Å². The van der Waals surface area contributed by atoms with Gasteiger partial charge < -0.3 is 10.6 Å². The maximum atomic E-state index is 11.9. The van der Waals surface area contributed by atoms with E-state index in [4.69, 9.17) is 0 Å². The molecule has 5 heteroatoms. The van der Waals surface area contributed by atoms with Gasteiger partial charge in [-0.3, -0.25) is 4.79 Å². The molecule has 2 aromatic rings. The topological polar surface area (TPSA) is 41.1 Å². The van der Waals surface area contributed by atoms with Gasteiger partial charge in [-0.1, -0.05) is 52.3 Å². The van der Waals surface area contributed by atoms with Crippen LogP contribution in [0.2, 0.25) is 0 Å². The fourth-order valence-electron chi connectivity index (χ4n) is 2.07. The molecule has 0 unspecified atom stereocenters. The third-order valence-corrected chi connectivity index (χ3v) is 3.64. The number of amides is 1. The molecule has 0 radical (unpaired) electrons. The van der Waals surface area contributed by atoms with Crippen molar-refractivity contribution >= 4 is 34.2 Å². The number of nitrogens with one attached hydrogen (secondary N) is 2. The summed E-state index contributed by atoms with van der Waals surface area (Å²) >= 11 is 3.41. The molecule has 0 aliphatic rings. The third-order valence-electron chi connectivity index (χ3n) is 3.15. The minimum atomic E-state index is 0. The minimum absolute atomic E-state index is 0. The molecule has 2 N–H and O–H groups in total. The molecule has 2 aromatic carbocycles. The van der Waals surface area contributed by atoms with Crippen molar-refractivity contribution in [3.05, 3.63) is 69.7 Å². The van der Waals surface area contributed by atoms with Crippen molar-refractivity contribution < 1.29 is 4.79 Å². The Morgan fingerprint density at radius 2 is 1.64 bits per heavy atom. The maximum Gasteiger partial charge on any atom is 0.224 e. The highest BCUT2D eigenvalue weighted by Crippen LogP contribution is 2.12. The van der Waals surface area contributed by atoms with E-state index in [1.165, 1.54) is 5.56 Å². The Labute approximate surface area is 146 Å². The van der Waals surface area contributed by atoms with Crippen molar-refractivity contribution in [2.24, 2.45) is 0 Å². The van der Waals surface area contributed by atoms with E-state index in [1.807, 2.05) is 43.4 Å². The lowest BCUT2D eigenvalue weighted by Crippen LogP contribution is -2.24. The van der Waals surface area contributed by atoms with Gasteiger partial charge in [-0.05, 0) is 35.9 Å². The van der Waals surface area contributed by atoms with Crippen LogP contribution in [-0.4, -0.2) is 13.0 Å². The van der Waals surface area contributed by atoms with Crippen LogP contribution in [0.1, 0.15) is 16.7 Å². The van der Waals surface area contributed by atoms with Crippen molar-refractivity contribution in [1.82, 2.24) is 10.6 Å². The van der Waals surface area contributed by atoms with Crippen LogP contribution in [0.15, 0.2) is 53.0 Å². The standard InChI is InChI=1S/C17H19BrN2O.ClH/c1-19-11-13-5-7-14(8-6-13)12-20-17(21)10-15-3-2-4-16(18)9-15;/h2-9,19H,10-12H2,1H3,(H,20,21);1H. The molecule has 0 bridgehead atoms. The molecule has 1 amide bonds. The van der Waals surface area contributed by atoms with Gasteiger partial charge in [0.25, 0.3) is 0 Å². The SMILES string of the molecule is CNCc1ccc(CNC(=O)Cc2cccc(Br)c2)cc1.Cl. The van der Waals surface area contributed by atoms with E-state index in [2.05, 4.69) is 38.7 Å². The van der Waals surface area contributed by atoms with Crippen LogP contribution < -0.4 is 10.6 Å². The van der Waals surface area contributed by atoms with E-state index < -0.39 is 0 Å². The molecule has 0 aliphatic heterocycles. The Bertz CT molecular complexity index is 602. The molecule has 0 heterocycles. The predicted octanol–water partition coefficient (Wildman–Crippen LogP) is 3.45. The van der Waals surface area contributed by atoms with E-state index in [-0.39, 0.29) is 18.3 Å². The molecule has 2 rings (SSSR count). The first-order chi connectivity index (χ1) is 10.2. The van der Waals surface area contributed by atoms with Gasteiger partial charge in [0.1, 0.15) is 0 Å². The number of halogens is 2. The molecule has 22 heavy (non-hydrogen) atoms. The number of rotatable bonds is 6. The van der Waals surface area contributed by atoms with E-state index in [1.54, 1.807) is 0 Å². The quantitative estimate of drug-likeness (QED) is 0.802. The van der Waals surface area contributed by atoms with Gasteiger partial charge in [-0.2, -0.15) is 0 Å². The van der Waals surface area contributed by atoms with Crippen LogP contribution in [0, 0.1) is 0 Å². The summed E-state index contributed by atoms with van der Waals surface area (Å²) in [6.45, 7) is 1.42. The summed E-state index contributed by atoms with van der Waals surface area (Å²) in [5, 5.41) is 6.06. The maximum absolute atomic E-state index is 11.9. The third kappa shape index (κ3) is 6.18. The molecule has 118 valence electrons. The minimum Gasteiger partial charge on any atom is -0.352 e. The van der Waals surface area contributed by atoms with Crippen molar-refractivity contribution in [2.45, 2.75) is 19.5 Å². The smallest absolute Gasteiger partial charge is 0.224 e. The molecule has 0 spiro atoms. The van der Waals surface area contributed by atoms with E-state index in [9.17, 15) is 4.79 Å². The van der Waals surface area contributed by atoms with Gasteiger partial charge in [-0.15, -0.1) is 12.4 Å². The fourth-order valence-corrected chi connectivity index (χ4v) is 2.52. The average molecular weight is 384 g/mol. The second kappa shape index (κ2) is 9.62. The van der Waals surface area contributed by atoms with Crippen LogP contribution >= 0.6 is 28.3 Å². The largest absolute Gasteiger partial charge is 0.352 e. The second-order valence-electron chi connectivity index (χ2n) is 4.93. The Balaban J connectivity index is 0.00000242. The van der Waals surface area contributed by atoms with Crippen molar-refractivity contribution in [1.29, 1.82) is 0 Å².